The van der Waals surface area contributed by atoms with Crippen molar-refractivity contribution in [1.82, 2.24) is 5.16 Å². The summed E-state index contributed by atoms with van der Waals surface area (Å²) in [6, 6.07) is 3.26. The second-order valence-electron chi connectivity index (χ2n) is 3.64. The summed E-state index contributed by atoms with van der Waals surface area (Å²) in [5.41, 5.74) is 8.36. The molecule has 3 N–H and O–H groups in total. The molecule has 0 aliphatic carbocycles. The highest BCUT2D eigenvalue weighted by Gasteiger charge is 2.16. The third kappa shape index (κ3) is 1.61. The van der Waals surface area contributed by atoms with Crippen LogP contribution in [0.3, 0.4) is 0 Å². The van der Waals surface area contributed by atoms with Gasteiger partial charge in [0.05, 0.1) is 10.6 Å². The van der Waals surface area contributed by atoms with E-state index in [-0.39, 0.29) is 11.6 Å². The number of nitrogens with zero attached hydrogens (tertiary/aromatic N) is 1. The molecule has 0 spiro atoms. The fraction of sp³-hybridized carbons (Fsp3) is 0.182. The largest absolute Gasteiger partial charge is 0.506 e. The first-order valence-corrected chi connectivity index (χ1v) is 5.09. The predicted molar refractivity (Wildman–Crippen MR) is 62.5 cm³/mol. The molecule has 5 heteroatoms. The summed E-state index contributed by atoms with van der Waals surface area (Å²) in [7, 11) is 0. The summed E-state index contributed by atoms with van der Waals surface area (Å²) >= 11 is 5.91. The second kappa shape index (κ2) is 3.72. The maximum Gasteiger partial charge on any atom is 0.222 e. The molecular formula is C11H11ClN2O2. The minimum Gasteiger partial charge on any atom is -0.506 e. The lowest BCUT2D eigenvalue weighted by Crippen LogP contribution is -1.89. The number of anilines is 1. The van der Waals surface area contributed by atoms with Crippen LogP contribution in [0.4, 0.5) is 5.88 Å². The number of aromatic hydroxyl groups is 1. The molecule has 0 unspecified atom stereocenters. The summed E-state index contributed by atoms with van der Waals surface area (Å²) in [6.07, 6.45) is 0. The first-order chi connectivity index (χ1) is 7.50. The first-order valence-electron chi connectivity index (χ1n) is 4.72. The Morgan fingerprint density at radius 1 is 1.38 bits per heavy atom. The van der Waals surface area contributed by atoms with Gasteiger partial charge in [-0.25, -0.2) is 0 Å². The van der Waals surface area contributed by atoms with Gasteiger partial charge in [-0.3, -0.25) is 0 Å². The molecule has 2 rings (SSSR count). The molecule has 0 bridgehead atoms. The quantitative estimate of drug-likeness (QED) is 0.801. The van der Waals surface area contributed by atoms with Gasteiger partial charge in [-0.05, 0) is 31.0 Å². The van der Waals surface area contributed by atoms with Gasteiger partial charge >= 0.3 is 0 Å². The number of nitrogen functional groups attached to an aromatic ring is 1. The number of nitrogens with two attached hydrogens (primary N) is 1. The van der Waals surface area contributed by atoms with Gasteiger partial charge in [0.1, 0.15) is 11.4 Å². The maximum absolute atomic E-state index is 9.91. The molecule has 0 saturated carbocycles. The van der Waals surface area contributed by atoms with E-state index in [0.29, 0.717) is 16.3 Å². The molecule has 16 heavy (non-hydrogen) atoms. The SMILES string of the molecule is Cc1cc(Cl)c(O)c(-c2cc(N)on2)c1C. The Morgan fingerprint density at radius 3 is 2.62 bits per heavy atom. The Balaban J connectivity index is 2.73. The molecule has 0 amide bonds. The average Bonchev–Trinajstić information content (AvgIpc) is 2.62. The van der Waals surface area contributed by atoms with Crippen molar-refractivity contribution in [3.05, 3.63) is 28.3 Å². The lowest BCUT2D eigenvalue weighted by Gasteiger charge is -2.09. The van der Waals surface area contributed by atoms with Crippen molar-refractivity contribution in [2.24, 2.45) is 0 Å². The number of hydrogen-bond acceptors (Lipinski definition) is 4. The van der Waals surface area contributed by atoms with Crippen LogP contribution >= 0.6 is 11.6 Å². The van der Waals surface area contributed by atoms with Crippen LogP contribution in [0.2, 0.25) is 5.02 Å². The van der Waals surface area contributed by atoms with E-state index in [1.165, 1.54) is 0 Å². The number of phenols is 1. The fourth-order valence-corrected chi connectivity index (χ4v) is 1.84. The second-order valence-corrected chi connectivity index (χ2v) is 4.05. The van der Waals surface area contributed by atoms with E-state index in [1.807, 2.05) is 13.8 Å². The van der Waals surface area contributed by atoms with Crippen LogP contribution < -0.4 is 5.73 Å². The van der Waals surface area contributed by atoms with Crippen LogP contribution in [-0.4, -0.2) is 10.3 Å². The normalized spacial score (nSPS) is 10.7. The van der Waals surface area contributed by atoms with E-state index in [1.54, 1.807) is 12.1 Å². The van der Waals surface area contributed by atoms with Crippen molar-refractivity contribution < 1.29 is 9.63 Å². The molecule has 2 aromatic rings. The van der Waals surface area contributed by atoms with Gasteiger partial charge in [-0.15, -0.1) is 0 Å². The molecule has 0 aliphatic heterocycles. The van der Waals surface area contributed by atoms with Crippen molar-refractivity contribution in [3.8, 4) is 17.0 Å². The summed E-state index contributed by atoms with van der Waals surface area (Å²) in [5, 5.41) is 14.0. The van der Waals surface area contributed by atoms with Gasteiger partial charge in [0.2, 0.25) is 5.88 Å². The molecule has 84 valence electrons. The highest BCUT2D eigenvalue weighted by molar-refractivity contribution is 6.32. The highest BCUT2D eigenvalue weighted by atomic mass is 35.5. The first kappa shape index (κ1) is 10.8. The molecule has 0 atom stereocenters. The number of aryl methyl sites for hydroxylation is 1. The van der Waals surface area contributed by atoms with Crippen LogP contribution in [0.15, 0.2) is 16.7 Å². The fourth-order valence-electron chi connectivity index (χ4n) is 1.58. The van der Waals surface area contributed by atoms with Gasteiger partial charge in [0.15, 0.2) is 0 Å². The Kier molecular flexibility index (Phi) is 2.52. The molecule has 1 aromatic heterocycles. The smallest absolute Gasteiger partial charge is 0.222 e. The molecule has 0 aliphatic rings. The molecular weight excluding hydrogens is 228 g/mol. The van der Waals surface area contributed by atoms with Crippen molar-refractivity contribution in [2.75, 3.05) is 5.73 Å². The maximum atomic E-state index is 9.91. The Labute approximate surface area is 97.6 Å². The van der Waals surface area contributed by atoms with Crippen LogP contribution in [0, 0.1) is 13.8 Å². The van der Waals surface area contributed by atoms with E-state index in [0.717, 1.165) is 11.1 Å². The molecule has 0 fully saturated rings. The Hall–Kier alpha value is -1.68. The summed E-state index contributed by atoms with van der Waals surface area (Å²) in [5.74, 6) is 0.199. The number of aromatic nitrogens is 1. The lowest BCUT2D eigenvalue weighted by molar-refractivity contribution is 0.437. The van der Waals surface area contributed by atoms with Gasteiger partial charge in [-0.1, -0.05) is 16.8 Å². The van der Waals surface area contributed by atoms with Gasteiger partial charge in [0.25, 0.3) is 0 Å². The van der Waals surface area contributed by atoms with Crippen molar-refractivity contribution >= 4 is 17.5 Å². The monoisotopic (exact) mass is 238 g/mol. The van der Waals surface area contributed by atoms with Gasteiger partial charge in [-0.2, -0.15) is 0 Å². The molecule has 4 nitrogen and oxygen atoms in total. The summed E-state index contributed by atoms with van der Waals surface area (Å²) in [4.78, 5) is 0. The summed E-state index contributed by atoms with van der Waals surface area (Å²) in [6.45, 7) is 3.79. The van der Waals surface area contributed by atoms with Crippen LogP contribution in [-0.2, 0) is 0 Å². The van der Waals surface area contributed by atoms with E-state index in [9.17, 15) is 5.11 Å². The van der Waals surface area contributed by atoms with Gasteiger partial charge in [0, 0.05) is 6.07 Å². The average molecular weight is 239 g/mol. The number of halogens is 1. The van der Waals surface area contributed by atoms with E-state index >= 15 is 0 Å². The molecule has 0 saturated heterocycles. The van der Waals surface area contributed by atoms with Crippen molar-refractivity contribution in [1.29, 1.82) is 0 Å². The van der Waals surface area contributed by atoms with Crippen molar-refractivity contribution in [2.45, 2.75) is 13.8 Å². The summed E-state index contributed by atoms with van der Waals surface area (Å²) < 4.78 is 4.78. The number of benzene rings is 1. The molecule has 1 heterocycles. The lowest BCUT2D eigenvalue weighted by atomic mass is 10.00. The zero-order valence-electron chi connectivity index (χ0n) is 8.91. The third-order valence-corrected chi connectivity index (χ3v) is 2.85. The molecule has 1 aromatic carbocycles. The topological polar surface area (TPSA) is 72.3 Å². The van der Waals surface area contributed by atoms with E-state index in [2.05, 4.69) is 5.16 Å². The Bertz CT molecular complexity index is 523. The minimum atomic E-state index is -0.00179. The molecule has 0 radical (unpaired) electrons. The van der Waals surface area contributed by atoms with Crippen LogP contribution in [0.25, 0.3) is 11.3 Å². The van der Waals surface area contributed by atoms with Crippen molar-refractivity contribution in [3.63, 3.8) is 0 Å². The zero-order valence-corrected chi connectivity index (χ0v) is 9.67. The predicted octanol–water partition coefficient (Wildman–Crippen LogP) is 2.90. The van der Waals surface area contributed by atoms with Gasteiger partial charge < -0.3 is 15.4 Å². The standard InChI is InChI=1S/C11H11ClN2O2/c1-5-3-7(12)11(15)10(6(5)2)8-4-9(13)16-14-8/h3-4,15H,13H2,1-2H3. The third-order valence-electron chi connectivity index (χ3n) is 2.56. The highest BCUT2D eigenvalue weighted by Crippen LogP contribution is 2.39. The number of phenolic OH excluding ortho intramolecular Hbond substituents is 1. The van der Waals surface area contributed by atoms with E-state index in [4.69, 9.17) is 21.9 Å². The number of rotatable bonds is 1. The van der Waals surface area contributed by atoms with Crippen LogP contribution in [0.5, 0.6) is 5.75 Å². The minimum absolute atomic E-state index is 0.00179. The Morgan fingerprint density at radius 2 is 2.06 bits per heavy atom. The number of hydrogen-bond donors (Lipinski definition) is 2. The van der Waals surface area contributed by atoms with E-state index < -0.39 is 0 Å². The van der Waals surface area contributed by atoms with Crippen LogP contribution in [0.1, 0.15) is 11.1 Å². The zero-order chi connectivity index (χ0) is 11.9.